The van der Waals surface area contributed by atoms with Gasteiger partial charge < -0.3 is 5.32 Å². The minimum Gasteiger partial charge on any atom is -0.325 e. The van der Waals surface area contributed by atoms with Gasteiger partial charge in [0.2, 0.25) is 5.91 Å². The SMILES string of the molecule is N#CC1(C(=O)Nc2ccc3c(c2)Cc2ccccc2-3)CC1. The zero-order valence-electron chi connectivity index (χ0n) is 11.5. The lowest BCUT2D eigenvalue weighted by atomic mass is 10.0. The van der Waals surface area contributed by atoms with Crippen molar-refractivity contribution < 1.29 is 4.79 Å². The highest BCUT2D eigenvalue weighted by Crippen LogP contribution is 2.46. The quantitative estimate of drug-likeness (QED) is 0.777. The second kappa shape index (κ2) is 4.20. The van der Waals surface area contributed by atoms with Gasteiger partial charge in [-0.15, -0.1) is 0 Å². The van der Waals surface area contributed by atoms with Gasteiger partial charge in [0.05, 0.1) is 6.07 Å². The average molecular weight is 274 g/mol. The normalized spacial score (nSPS) is 16.5. The topological polar surface area (TPSA) is 52.9 Å². The van der Waals surface area contributed by atoms with Crippen molar-refractivity contribution in [2.75, 3.05) is 5.32 Å². The van der Waals surface area contributed by atoms with Crippen LogP contribution < -0.4 is 5.32 Å². The molecule has 102 valence electrons. The van der Waals surface area contributed by atoms with Crippen molar-refractivity contribution in [3.8, 4) is 17.2 Å². The van der Waals surface area contributed by atoms with Crippen LogP contribution in [0.5, 0.6) is 0 Å². The van der Waals surface area contributed by atoms with Gasteiger partial charge in [0.15, 0.2) is 0 Å². The van der Waals surface area contributed by atoms with E-state index in [4.69, 9.17) is 5.26 Å². The minimum absolute atomic E-state index is 0.166. The van der Waals surface area contributed by atoms with Crippen LogP contribution >= 0.6 is 0 Å². The van der Waals surface area contributed by atoms with Gasteiger partial charge in [0.1, 0.15) is 5.41 Å². The van der Waals surface area contributed by atoms with Crippen LogP contribution in [0.3, 0.4) is 0 Å². The van der Waals surface area contributed by atoms with Crippen LogP contribution in [0, 0.1) is 16.7 Å². The summed E-state index contributed by atoms with van der Waals surface area (Å²) in [6.45, 7) is 0. The van der Waals surface area contributed by atoms with Crippen LogP contribution in [0.1, 0.15) is 24.0 Å². The first kappa shape index (κ1) is 12.2. The smallest absolute Gasteiger partial charge is 0.244 e. The third-order valence-corrected chi connectivity index (χ3v) is 4.45. The molecule has 1 N–H and O–H groups in total. The van der Waals surface area contributed by atoms with Crippen LogP contribution in [-0.4, -0.2) is 5.91 Å². The van der Waals surface area contributed by atoms with Crippen molar-refractivity contribution in [2.45, 2.75) is 19.3 Å². The fourth-order valence-electron chi connectivity index (χ4n) is 2.99. The van der Waals surface area contributed by atoms with E-state index in [0.717, 1.165) is 12.1 Å². The summed E-state index contributed by atoms with van der Waals surface area (Å²) >= 11 is 0. The number of hydrogen-bond donors (Lipinski definition) is 1. The number of rotatable bonds is 2. The maximum Gasteiger partial charge on any atom is 0.244 e. The maximum atomic E-state index is 12.1. The fraction of sp³-hybridized carbons (Fsp3) is 0.222. The van der Waals surface area contributed by atoms with Gasteiger partial charge >= 0.3 is 0 Å². The Morgan fingerprint density at radius 1 is 1.10 bits per heavy atom. The predicted molar refractivity (Wildman–Crippen MR) is 80.6 cm³/mol. The van der Waals surface area contributed by atoms with Crippen LogP contribution in [-0.2, 0) is 11.2 Å². The number of amides is 1. The number of anilines is 1. The number of nitrogens with one attached hydrogen (secondary N) is 1. The average Bonchev–Trinajstić information content (AvgIpc) is 3.22. The van der Waals surface area contributed by atoms with Crippen LogP contribution in [0.15, 0.2) is 42.5 Å². The van der Waals surface area contributed by atoms with Crippen LogP contribution in [0.25, 0.3) is 11.1 Å². The molecule has 0 radical (unpaired) electrons. The molecule has 2 aliphatic rings. The molecule has 1 amide bonds. The molecular weight excluding hydrogens is 260 g/mol. The van der Waals surface area contributed by atoms with E-state index in [1.54, 1.807) is 0 Å². The molecule has 0 aromatic heterocycles. The molecule has 0 heterocycles. The Morgan fingerprint density at radius 2 is 1.86 bits per heavy atom. The lowest BCUT2D eigenvalue weighted by Gasteiger charge is -2.10. The van der Waals surface area contributed by atoms with Crippen LogP contribution in [0.2, 0.25) is 0 Å². The molecule has 2 aliphatic carbocycles. The number of benzene rings is 2. The van der Waals surface area contributed by atoms with E-state index in [2.05, 4.69) is 35.7 Å². The van der Waals surface area contributed by atoms with Crippen molar-refractivity contribution in [3.63, 3.8) is 0 Å². The zero-order valence-corrected chi connectivity index (χ0v) is 11.5. The van der Waals surface area contributed by atoms with Crippen LogP contribution in [0.4, 0.5) is 5.69 Å². The second-order valence-electron chi connectivity index (χ2n) is 5.85. The summed E-state index contributed by atoms with van der Waals surface area (Å²) in [6, 6.07) is 16.5. The van der Waals surface area contributed by atoms with E-state index < -0.39 is 5.41 Å². The highest BCUT2D eigenvalue weighted by molar-refractivity contribution is 5.99. The van der Waals surface area contributed by atoms with E-state index in [9.17, 15) is 4.79 Å². The van der Waals surface area contributed by atoms with E-state index in [-0.39, 0.29) is 5.91 Å². The fourth-order valence-corrected chi connectivity index (χ4v) is 2.99. The first-order valence-corrected chi connectivity index (χ1v) is 7.16. The molecule has 0 saturated heterocycles. The monoisotopic (exact) mass is 274 g/mol. The van der Waals surface area contributed by atoms with Crippen molar-refractivity contribution >= 4 is 11.6 Å². The molecule has 0 aliphatic heterocycles. The van der Waals surface area contributed by atoms with Crippen molar-refractivity contribution in [1.82, 2.24) is 0 Å². The van der Waals surface area contributed by atoms with E-state index in [1.165, 1.54) is 22.3 Å². The van der Waals surface area contributed by atoms with Gasteiger partial charge in [0, 0.05) is 5.69 Å². The first-order valence-electron chi connectivity index (χ1n) is 7.16. The Balaban J connectivity index is 1.62. The Morgan fingerprint density at radius 3 is 2.62 bits per heavy atom. The van der Waals surface area contributed by atoms with Gasteiger partial charge in [-0.05, 0) is 53.6 Å². The van der Waals surface area contributed by atoms with Gasteiger partial charge in [0.25, 0.3) is 0 Å². The minimum atomic E-state index is -0.776. The number of nitrogens with zero attached hydrogens (tertiary/aromatic N) is 1. The number of hydrogen-bond acceptors (Lipinski definition) is 2. The molecule has 1 fully saturated rings. The summed E-state index contributed by atoms with van der Waals surface area (Å²) < 4.78 is 0. The molecule has 0 bridgehead atoms. The molecule has 0 unspecified atom stereocenters. The molecule has 4 rings (SSSR count). The second-order valence-corrected chi connectivity index (χ2v) is 5.85. The van der Waals surface area contributed by atoms with Gasteiger partial charge in [-0.2, -0.15) is 5.26 Å². The molecule has 0 spiro atoms. The van der Waals surface area contributed by atoms with Crippen molar-refractivity contribution in [1.29, 1.82) is 5.26 Å². The summed E-state index contributed by atoms with van der Waals surface area (Å²) in [5, 5.41) is 12.0. The Kier molecular flexibility index (Phi) is 2.43. The molecule has 21 heavy (non-hydrogen) atoms. The summed E-state index contributed by atoms with van der Waals surface area (Å²) in [7, 11) is 0. The lowest BCUT2D eigenvalue weighted by molar-refractivity contribution is -0.119. The molecule has 2 aromatic carbocycles. The molecule has 2 aromatic rings. The lowest BCUT2D eigenvalue weighted by Crippen LogP contribution is -2.22. The predicted octanol–water partition coefficient (Wildman–Crippen LogP) is 3.50. The number of fused-ring (bicyclic) bond motifs is 3. The van der Waals surface area contributed by atoms with E-state index >= 15 is 0 Å². The molecule has 1 saturated carbocycles. The molecule has 3 nitrogen and oxygen atoms in total. The summed E-state index contributed by atoms with van der Waals surface area (Å²) in [5.74, 6) is -0.166. The zero-order chi connectivity index (χ0) is 14.4. The third kappa shape index (κ3) is 1.84. The largest absolute Gasteiger partial charge is 0.325 e. The molecule has 0 atom stereocenters. The summed E-state index contributed by atoms with van der Waals surface area (Å²) in [5.41, 5.74) is 5.09. The maximum absolute atomic E-state index is 12.1. The first-order chi connectivity index (χ1) is 10.2. The van der Waals surface area contributed by atoms with Gasteiger partial charge in [-0.1, -0.05) is 30.3 Å². The number of nitriles is 1. The van der Waals surface area contributed by atoms with Gasteiger partial charge in [-0.25, -0.2) is 0 Å². The van der Waals surface area contributed by atoms with Crippen molar-refractivity contribution in [2.24, 2.45) is 5.41 Å². The third-order valence-electron chi connectivity index (χ3n) is 4.45. The number of carbonyl (C=O) groups excluding carboxylic acids is 1. The summed E-state index contributed by atoms with van der Waals surface area (Å²) in [6.07, 6.45) is 2.25. The van der Waals surface area contributed by atoms with Crippen molar-refractivity contribution in [3.05, 3.63) is 53.6 Å². The summed E-state index contributed by atoms with van der Waals surface area (Å²) in [4.78, 5) is 12.1. The number of carbonyl (C=O) groups is 1. The highest BCUT2D eigenvalue weighted by atomic mass is 16.2. The molecular formula is C18H14N2O. The standard InChI is InChI=1S/C18H14N2O/c19-11-18(7-8-18)17(21)20-14-5-6-16-13(10-14)9-12-3-1-2-4-15(12)16/h1-6,10H,7-9H2,(H,20,21). The van der Waals surface area contributed by atoms with E-state index in [1.807, 2.05) is 18.2 Å². The van der Waals surface area contributed by atoms with Gasteiger partial charge in [-0.3, -0.25) is 4.79 Å². The van der Waals surface area contributed by atoms with E-state index in [0.29, 0.717) is 12.8 Å². The Hall–Kier alpha value is -2.60. The Bertz CT molecular complexity index is 797. The molecule has 3 heteroatoms. The highest BCUT2D eigenvalue weighted by Gasteiger charge is 2.50. The Labute approximate surface area is 123 Å².